The van der Waals surface area contributed by atoms with Crippen LogP contribution in [-0.4, -0.2) is 52.5 Å². The van der Waals surface area contributed by atoms with Crippen LogP contribution in [0.1, 0.15) is 38.1 Å². The predicted molar refractivity (Wildman–Crippen MR) is 115 cm³/mol. The molecule has 1 atom stereocenters. The smallest absolute Gasteiger partial charge is 0.317 e. The molecule has 1 aliphatic heterocycles. The molecule has 3 rings (SSSR count). The first-order chi connectivity index (χ1) is 13.9. The van der Waals surface area contributed by atoms with Crippen molar-refractivity contribution >= 4 is 23.5 Å². The predicted octanol–water partition coefficient (Wildman–Crippen LogP) is 3.76. The van der Waals surface area contributed by atoms with Gasteiger partial charge < -0.3 is 19.7 Å². The molecule has 2 aromatic rings. The van der Waals surface area contributed by atoms with E-state index in [2.05, 4.69) is 9.88 Å². The van der Waals surface area contributed by atoms with Crippen molar-refractivity contribution in [1.29, 1.82) is 0 Å². The fourth-order valence-electron chi connectivity index (χ4n) is 3.86. The van der Waals surface area contributed by atoms with Gasteiger partial charge in [-0.15, -0.1) is 0 Å². The Morgan fingerprint density at radius 3 is 2.72 bits per heavy atom. The number of nitrogens with zero attached hydrogens (tertiary/aromatic N) is 3. The van der Waals surface area contributed by atoms with Gasteiger partial charge in [-0.05, 0) is 42.7 Å². The number of aromatic nitrogens is 1. The number of rotatable bonds is 6. The van der Waals surface area contributed by atoms with Crippen molar-refractivity contribution in [3.63, 3.8) is 0 Å². The number of hydrogen-bond donors (Lipinski definition) is 1. The third kappa shape index (κ3) is 4.93. The van der Waals surface area contributed by atoms with Crippen molar-refractivity contribution in [2.45, 2.75) is 33.4 Å². The summed E-state index contributed by atoms with van der Waals surface area (Å²) in [6.45, 7) is 8.40. The minimum atomic E-state index is -0.222. The molecule has 6 nitrogen and oxygen atoms in total. The van der Waals surface area contributed by atoms with Gasteiger partial charge >= 0.3 is 6.03 Å². The van der Waals surface area contributed by atoms with Crippen LogP contribution in [0.25, 0.3) is 0 Å². The maximum Gasteiger partial charge on any atom is 0.317 e. The lowest BCUT2D eigenvalue weighted by Crippen LogP contribution is -2.50. The van der Waals surface area contributed by atoms with Gasteiger partial charge in [-0.2, -0.15) is 0 Å². The van der Waals surface area contributed by atoms with Gasteiger partial charge in [0, 0.05) is 43.1 Å². The zero-order valence-electron chi connectivity index (χ0n) is 17.3. The van der Waals surface area contributed by atoms with E-state index in [1.165, 1.54) is 0 Å². The summed E-state index contributed by atoms with van der Waals surface area (Å²) in [6, 6.07) is 11.3. The second-order valence-corrected chi connectivity index (χ2v) is 8.22. The van der Waals surface area contributed by atoms with Crippen LogP contribution in [0.15, 0.2) is 42.6 Å². The monoisotopic (exact) mass is 416 g/mol. The fraction of sp³-hybridized carbons (Fsp3) is 0.455. The van der Waals surface area contributed by atoms with Crippen molar-refractivity contribution in [3.8, 4) is 0 Å². The van der Waals surface area contributed by atoms with Crippen LogP contribution in [0.3, 0.4) is 0 Å². The molecule has 156 valence electrons. The highest BCUT2D eigenvalue weighted by Gasteiger charge is 2.33. The molecule has 0 unspecified atom stereocenters. The molecule has 0 saturated carbocycles. The van der Waals surface area contributed by atoms with Crippen LogP contribution >= 0.6 is 11.6 Å². The molecule has 0 saturated heterocycles. The quantitative estimate of drug-likeness (QED) is 0.779. The lowest BCUT2D eigenvalue weighted by atomic mass is 9.99. The zero-order valence-corrected chi connectivity index (χ0v) is 18.0. The van der Waals surface area contributed by atoms with Gasteiger partial charge in [0.05, 0.1) is 6.04 Å². The normalized spacial score (nSPS) is 15.9. The van der Waals surface area contributed by atoms with Crippen LogP contribution in [-0.2, 0) is 11.3 Å². The van der Waals surface area contributed by atoms with Gasteiger partial charge in [0.2, 0.25) is 5.91 Å². The average molecular weight is 417 g/mol. The van der Waals surface area contributed by atoms with Crippen LogP contribution < -0.4 is 5.32 Å². The molecular weight excluding hydrogens is 388 g/mol. The lowest BCUT2D eigenvalue weighted by Gasteiger charge is -2.38. The van der Waals surface area contributed by atoms with Crippen LogP contribution in [0, 0.1) is 5.92 Å². The maximum absolute atomic E-state index is 13.4. The van der Waals surface area contributed by atoms with Crippen molar-refractivity contribution in [1.82, 2.24) is 19.7 Å². The number of urea groups is 1. The third-order valence-corrected chi connectivity index (χ3v) is 5.29. The summed E-state index contributed by atoms with van der Waals surface area (Å²) >= 11 is 6.24. The number of halogens is 1. The molecule has 1 aromatic heterocycles. The molecule has 1 N–H and O–H groups in total. The Hall–Kier alpha value is -2.47. The Balaban J connectivity index is 1.88. The second kappa shape index (κ2) is 9.35. The fourth-order valence-corrected chi connectivity index (χ4v) is 4.06. The number of hydrogen-bond acceptors (Lipinski definition) is 2. The Labute approximate surface area is 177 Å². The molecule has 1 aromatic carbocycles. The van der Waals surface area contributed by atoms with E-state index in [-0.39, 0.29) is 30.4 Å². The first-order valence-corrected chi connectivity index (χ1v) is 10.5. The van der Waals surface area contributed by atoms with E-state index in [0.717, 1.165) is 17.8 Å². The van der Waals surface area contributed by atoms with Crippen molar-refractivity contribution in [2.75, 3.05) is 26.2 Å². The maximum atomic E-state index is 13.4. The van der Waals surface area contributed by atoms with Gasteiger partial charge in [0.1, 0.15) is 6.54 Å². The largest absolute Gasteiger partial charge is 0.348 e. The molecule has 29 heavy (non-hydrogen) atoms. The number of amides is 3. The van der Waals surface area contributed by atoms with Crippen LogP contribution in [0.2, 0.25) is 5.02 Å². The van der Waals surface area contributed by atoms with Gasteiger partial charge in [0.15, 0.2) is 0 Å². The Kier molecular flexibility index (Phi) is 6.85. The number of benzene rings is 1. The minimum Gasteiger partial charge on any atom is -0.348 e. The van der Waals surface area contributed by atoms with E-state index in [9.17, 15) is 9.59 Å². The molecule has 0 spiro atoms. The van der Waals surface area contributed by atoms with E-state index in [0.29, 0.717) is 24.7 Å². The number of carbonyl (C=O) groups excluding carboxylic acids is 2. The molecule has 2 heterocycles. The summed E-state index contributed by atoms with van der Waals surface area (Å²) in [5.74, 6) is 0.210. The first kappa shape index (κ1) is 21.2. The summed E-state index contributed by atoms with van der Waals surface area (Å²) in [4.78, 5) is 29.3. The first-order valence-electron chi connectivity index (χ1n) is 10.1. The van der Waals surface area contributed by atoms with Gasteiger partial charge in [-0.1, -0.05) is 37.6 Å². The summed E-state index contributed by atoms with van der Waals surface area (Å²) in [5, 5.41) is 3.46. The molecule has 1 aliphatic rings. The van der Waals surface area contributed by atoms with Crippen molar-refractivity contribution < 1.29 is 9.59 Å². The van der Waals surface area contributed by atoms with E-state index >= 15 is 0 Å². The molecule has 3 amide bonds. The van der Waals surface area contributed by atoms with E-state index in [1.54, 1.807) is 4.90 Å². The van der Waals surface area contributed by atoms with E-state index in [1.807, 2.05) is 68.3 Å². The highest BCUT2D eigenvalue weighted by atomic mass is 35.5. The highest BCUT2D eigenvalue weighted by molar-refractivity contribution is 6.30. The third-order valence-electron chi connectivity index (χ3n) is 5.05. The molecule has 0 aliphatic carbocycles. The van der Waals surface area contributed by atoms with Gasteiger partial charge in [-0.25, -0.2) is 4.79 Å². The summed E-state index contributed by atoms with van der Waals surface area (Å²) < 4.78 is 2.17. The van der Waals surface area contributed by atoms with E-state index in [4.69, 9.17) is 11.6 Å². The van der Waals surface area contributed by atoms with Gasteiger partial charge in [-0.3, -0.25) is 4.79 Å². The Bertz CT molecular complexity index is 864. The van der Waals surface area contributed by atoms with E-state index < -0.39 is 0 Å². The number of fused-ring (bicyclic) bond motifs is 1. The summed E-state index contributed by atoms with van der Waals surface area (Å²) in [7, 11) is 0. The average Bonchev–Trinajstić information content (AvgIpc) is 3.15. The Morgan fingerprint density at radius 1 is 1.24 bits per heavy atom. The van der Waals surface area contributed by atoms with Crippen molar-refractivity contribution in [3.05, 3.63) is 58.9 Å². The van der Waals surface area contributed by atoms with Crippen LogP contribution in [0.4, 0.5) is 4.79 Å². The molecular formula is C22H29ClN4O2. The molecule has 0 radical (unpaired) electrons. The topological polar surface area (TPSA) is 57.6 Å². The standard InChI is InChI=1S/C22H29ClN4O2/c1-4-24-22(29)26(14-16(2)3)15-20(28)27-12-11-25-10-6-9-19(25)21(27)17-7-5-8-18(23)13-17/h5-10,13,16,21H,4,11-12,14-15H2,1-3H3,(H,24,29)/t21-/m1/s1. The molecule has 7 heteroatoms. The number of carbonyl (C=O) groups is 2. The molecule has 0 fully saturated rings. The summed E-state index contributed by atoms with van der Waals surface area (Å²) in [5.41, 5.74) is 2.03. The minimum absolute atomic E-state index is 0.0573. The van der Waals surface area contributed by atoms with Crippen LogP contribution in [0.5, 0.6) is 0 Å². The second-order valence-electron chi connectivity index (χ2n) is 7.78. The highest BCUT2D eigenvalue weighted by Crippen LogP contribution is 2.33. The zero-order chi connectivity index (χ0) is 21.0. The summed E-state index contributed by atoms with van der Waals surface area (Å²) in [6.07, 6.45) is 2.04. The Morgan fingerprint density at radius 2 is 2.03 bits per heavy atom. The lowest BCUT2D eigenvalue weighted by molar-refractivity contribution is -0.134. The SMILES string of the molecule is CCNC(=O)N(CC(=O)N1CCn2cccc2[C@H]1c1cccc(Cl)c1)CC(C)C. The molecule has 0 bridgehead atoms. The van der Waals surface area contributed by atoms with Gasteiger partial charge in [0.25, 0.3) is 0 Å². The van der Waals surface area contributed by atoms with Crippen molar-refractivity contribution in [2.24, 2.45) is 5.92 Å². The number of nitrogens with one attached hydrogen (secondary N) is 1.